The van der Waals surface area contributed by atoms with Crippen molar-refractivity contribution in [3.8, 4) is 22.6 Å². The Morgan fingerprint density at radius 1 is 0.781 bits per heavy atom. The highest BCUT2D eigenvalue weighted by Crippen LogP contribution is 2.48. The van der Waals surface area contributed by atoms with Crippen molar-refractivity contribution in [1.29, 1.82) is 0 Å². The SMILES string of the molecule is O=c1oc2ccccc2c2c1[C@H](c1ccc3c(c1)OCO3)Nc1ccc3ccccc3c1-2. The number of ether oxygens (including phenoxy) is 2. The summed E-state index contributed by atoms with van der Waals surface area (Å²) in [5.74, 6) is 1.39. The lowest BCUT2D eigenvalue weighted by atomic mass is 9.83. The molecule has 4 aromatic carbocycles. The molecule has 0 bridgehead atoms. The summed E-state index contributed by atoms with van der Waals surface area (Å²) < 4.78 is 16.8. The molecule has 5 heteroatoms. The summed E-state index contributed by atoms with van der Waals surface area (Å²) >= 11 is 0. The Morgan fingerprint density at radius 3 is 2.53 bits per heavy atom. The van der Waals surface area contributed by atoms with Gasteiger partial charge in [-0.15, -0.1) is 0 Å². The Hall–Kier alpha value is -4.25. The molecule has 5 nitrogen and oxygen atoms in total. The van der Waals surface area contributed by atoms with Gasteiger partial charge in [-0.2, -0.15) is 0 Å². The van der Waals surface area contributed by atoms with Crippen molar-refractivity contribution in [2.45, 2.75) is 6.04 Å². The number of anilines is 1. The van der Waals surface area contributed by atoms with E-state index in [1.165, 1.54) is 0 Å². The molecule has 2 aliphatic heterocycles. The van der Waals surface area contributed by atoms with E-state index >= 15 is 0 Å². The second-order valence-corrected chi connectivity index (χ2v) is 8.07. The molecule has 0 saturated heterocycles. The van der Waals surface area contributed by atoms with Gasteiger partial charge in [-0.25, -0.2) is 4.79 Å². The van der Waals surface area contributed by atoms with Crippen LogP contribution < -0.4 is 20.4 Å². The maximum Gasteiger partial charge on any atom is 0.342 e. The largest absolute Gasteiger partial charge is 0.454 e. The standard InChI is InChI=1S/C27H17NO4/c29-27-25-24(18-7-3-4-8-20(18)32-27)23-17-6-2-1-5-15(17)9-11-19(23)28-26(25)16-10-12-21-22(13-16)31-14-30-21/h1-13,26,28H,14H2/t26-/m0/s1. The normalized spacial score (nSPS) is 15.9. The average Bonchev–Trinajstić information content (AvgIpc) is 3.31. The lowest BCUT2D eigenvalue weighted by Crippen LogP contribution is -2.25. The van der Waals surface area contributed by atoms with E-state index in [1.54, 1.807) is 0 Å². The van der Waals surface area contributed by atoms with Crippen LogP contribution in [0.4, 0.5) is 5.69 Å². The first-order chi connectivity index (χ1) is 15.8. The predicted molar refractivity (Wildman–Crippen MR) is 123 cm³/mol. The van der Waals surface area contributed by atoms with Crippen LogP contribution in [0, 0.1) is 0 Å². The Bertz CT molecular complexity index is 1620. The predicted octanol–water partition coefficient (Wildman–Crippen LogP) is 5.86. The zero-order valence-corrected chi connectivity index (χ0v) is 16.9. The first-order valence-electron chi connectivity index (χ1n) is 10.5. The first-order valence-corrected chi connectivity index (χ1v) is 10.5. The zero-order valence-electron chi connectivity index (χ0n) is 16.9. The van der Waals surface area contributed by atoms with Crippen LogP contribution in [0.25, 0.3) is 32.9 Å². The van der Waals surface area contributed by atoms with E-state index in [0.717, 1.165) is 38.5 Å². The number of para-hydroxylation sites is 1. The fourth-order valence-electron chi connectivity index (χ4n) is 4.93. The maximum atomic E-state index is 13.4. The van der Waals surface area contributed by atoms with E-state index in [-0.39, 0.29) is 18.5 Å². The van der Waals surface area contributed by atoms with E-state index in [1.807, 2.05) is 54.6 Å². The maximum absolute atomic E-state index is 13.4. The van der Waals surface area contributed by atoms with Crippen LogP contribution in [-0.2, 0) is 0 Å². The molecule has 5 aromatic rings. The van der Waals surface area contributed by atoms with Crippen LogP contribution in [0.2, 0.25) is 0 Å². The molecule has 154 valence electrons. The monoisotopic (exact) mass is 419 g/mol. The average molecular weight is 419 g/mol. The fourth-order valence-corrected chi connectivity index (χ4v) is 4.93. The number of nitrogens with one attached hydrogen (secondary N) is 1. The molecule has 1 atom stereocenters. The molecule has 0 spiro atoms. The third-order valence-electron chi connectivity index (χ3n) is 6.35. The molecule has 0 aliphatic carbocycles. The van der Waals surface area contributed by atoms with E-state index < -0.39 is 0 Å². The Balaban J connectivity index is 1.59. The van der Waals surface area contributed by atoms with Crippen LogP contribution in [0.3, 0.4) is 0 Å². The molecule has 0 radical (unpaired) electrons. The smallest absolute Gasteiger partial charge is 0.342 e. The molecule has 0 unspecified atom stereocenters. The van der Waals surface area contributed by atoms with Crippen LogP contribution in [0.15, 0.2) is 88.1 Å². The summed E-state index contributed by atoms with van der Waals surface area (Å²) in [6.07, 6.45) is 0. The van der Waals surface area contributed by atoms with Gasteiger partial charge in [0.25, 0.3) is 0 Å². The Kier molecular flexibility index (Phi) is 3.47. The van der Waals surface area contributed by atoms with Crippen molar-refractivity contribution in [2.24, 2.45) is 0 Å². The van der Waals surface area contributed by atoms with Crippen molar-refractivity contribution in [3.05, 3.63) is 100 Å². The van der Waals surface area contributed by atoms with Crippen LogP contribution in [0.1, 0.15) is 17.2 Å². The van der Waals surface area contributed by atoms with Crippen LogP contribution >= 0.6 is 0 Å². The molecule has 3 heterocycles. The number of benzene rings is 4. The van der Waals surface area contributed by atoms with Gasteiger partial charge in [0, 0.05) is 22.2 Å². The minimum absolute atomic E-state index is 0.203. The summed E-state index contributed by atoms with van der Waals surface area (Å²) in [7, 11) is 0. The molecule has 1 aromatic heterocycles. The molecule has 1 N–H and O–H groups in total. The number of hydrogen-bond donors (Lipinski definition) is 1. The van der Waals surface area contributed by atoms with E-state index in [9.17, 15) is 4.79 Å². The minimum atomic E-state index is -0.381. The molecule has 2 aliphatic rings. The third-order valence-corrected chi connectivity index (χ3v) is 6.35. The summed E-state index contributed by atoms with van der Waals surface area (Å²) in [4.78, 5) is 13.4. The second-order valence-electron chi connectivity index (χ2n) is 8.07. The molecular weight excluding hydrogens is 402 g/mol. The Morgan fingerprint density at radius 2 is 1.59 bits per heavy atom. The van der Waals surface area contributed by atoms with Gasteiger partial charge < -0.3 is 19.2 Å². The van der Waals surface area contributed by atoms with Gasteiger partial charge in [0.15, 0.2) is 11.5 Å². The molecular formula is C27H17NO4. The Labute approximate surface area is 182 Å². The van der Waals surface area contributed by atoms with Crippen molar-refractivity contribution in [2.75, 3.05) is 12.1 Å². The third kappa shape index (κ3) is 2.36. The van der Waals surface area contributed by atoms with Crippen molar-refractivity contribution in [1.82, 2.24) is 0 Å². The zero-order chi connectivity index (χ0) is 21.2. The lowest BCUT2D eigenvalue weighted by molar-refractivity contribution is 0.174. The van der Waals surface area contributed by atoms with Crippen molar-refractivity contribution in [3.63, 3.8) is 0 Å². The van der Waals surface area contributed by atoms with Gasteiger partial charge in [0.2, 0.25) is 6.79 Å². The summed E-state index contributed by atoms with van der Waals surface area (Å²) in [5, 5.41) is 6.74. The van der Waals surface area contributed by atoms with Gasteiger partial charge in [0.1, 0.15) is 5.58 Å². The highest BCUT2D eigenvalue weighted by molar-refractivity contribution is 6.11. The van der Waals surface area contributed by atoms with Gasteiger partial charge in [-0.1, -0.05) is 54.6 Å². The lowest BCUT2D eigenvalue weighted by Gasteiger charge is -2.30. The highest BCUT2D eigenvalue weighted by atomic mass is 16.7. The molecule has 7 rings (SSSR count). The fraction of sp³-hybridized carbons (Fsp3) is 0.0741. The van der Waals surface area contributed by atoms with Gasteiger partial charge in [-0.3, -0.25) is 0 Å². The van der Waals surface area contributed by atoms with E-state index in [2.05, 4.69) is 29.6 Å². The van der Waals surface area contributed by atoms with Gasteiger partial charge >= 0.3 is 5.63 Å². The summed E-state index contributed by atoms with van der Waals surface area (Å²) in [6.45, 7) is 0.203. The van der Waals surface area contributed by atoms with E-state index in [4.69, 9.17) is 13.9 Å². The number of rotatable bonds is 1. The quantitative estimate of drug-likeness (QED) is 0.345. The molecule has 32 heavy (non-hydrogen) atoms. The van der Waals surface area contributed by atoms with E-state index in [0.29, 0.717) is 22.6 Å². The molecule has 0 saturated carbocycles. The van der Waals surface area contributed by atoms with Crippen LogP contribution in [-0.4, -0.2) is 6.79 Å². The molecule has 0 fully saturated rings. The summed E-state index contributed by atoms with van der Waals surface area (Å²) in [6, 6.07) is 25.6. The second kappa shape index (κ2) is 6.37. The van der Waals surface area contributed by atoms with Gasteiger partial charge in [-0.05, 0) is 40.6 Å². The number of fused-ring (bicyclic) bond motifs is 8. The first kappa shape index (κ1) is 17.4. The molecule has 0 amide bonds. The van der Waals surface area contributed by atoms with Crippen molar-refractivity contribution >= 4 is 27.4 Å². The number of hydrogen-bond acceptors (Lipinski definition) is 5. The minimum Gasteiger partial charge on any atom is -0.454 e. The van der Waals surface area contributed by atoms with Crippen LogP contribution in [0.5, 0.6) is 11.5 Å². The van der Waals surface area contributed by atoms with Gasteiger partial charge in [0.05, 0.1) is 11.6 Å². The summed E-state index contributed by atoms with van der Waals surface area (Å²) in [5.41, 5.74) is 4.69. The highest BCUT2D eigenvalue weighted by Gasteiger charge is 2.33. The van der Waals surface area contributed by atoms with Crippen molar-refractivity contribution < 1.29 is 13.9 Å². The topological polar surface area (TPSA) is 60.7 Å².